The van der Waals surface area contributed by atoms with Crippen LogP contribution in [0.4, 0.5) is 0 Å². The zero-order chi connectivity index (χ0) is 32.8. The van der Waals surface area contributed by atoms with E-state index in [1.165, 1.54) is 20.8 Å². The van der Waals surface area contributed by atoms with E-state index >= 15 is 0 Å². The lowest BCUT2D eigenvalue weighted by Gasteiger charge is -2.63. The Kier molecular flexibility index (Phi) is 9.84. The summed E-state index contributed by atoms with van der Waals surface area (Å²) in [5.41, 5.74) is 7.49. The number of fused-ring (bicyclic) bond motifs is 5. The quantitative estimate of drug-likeness (QED) is 0.0839. The van der Waals surface area contributed by atoms with Gasteiger partial charge in [-0.3, -0.25) is 14.4 Å². The molecule has 3 saturated carbocycles. The summed E-state index contributed by atoms with van der Waals surface area (Å²) in [6, 6.07) is 0. The first-order valence-electron chi connectivity index (χ1n) is 16.2. The van der Waals surface area contributed by atoms with Gasteiger partial charge in [-0.15, -0.1) is 0 Å². The lowest BCUT2D eigenvalue weighted by atomic mass is 9.44. The highest BCUT2D eigenvalue weighted by Crippen LogP contribution is 2.70. The van der Waals surface area contributed by atoms with Crippen LogP contribution in [0.5, 0.6) is 0 Å². The van der Waals surface area contributed by atoms with Crippen molar-refractivity contribution in [3.8, 4) is 0 Å². The predicted octanol–water partition coefficient (Wildman–Crippen LogP) is 5.62. The number of carbonyl (C=O) groups is 3. The van der Waals surface area contributed by atoms with Crippen molar-refractivity contribution in [1.29, 1.82) is 0 Å². The van der Waals surface area contributed by atoms with Gasteiger partial charge in [0.05, 0.1) is 6.10 Å². The van der Waals surface area contributed by atoms with E-state index in [0.29, 0.717) is 25.2 Å². The maximum Gasteiger partial charge on any atom is 0.303 e. The number of nitrogens with zero attached hydrogens (tertiary/aromatic N) is 3. The Morgan fingerprint density at radius 1 is 1.00 bits per heavy atom. The largest absolute Gasteiger partial charge is 0.459 e. The number of azide groups is 1. The van der Waals surface area contributed by atoms with Crippen molar-refractivity contribution in [2.24, 2.45) is 51.5 Å². The van der Waals surface area contributed by atoms with Crippen LogP contribution >= 0.6 is 0 Å². The highest BCUT2D eigenvalue weighted by atomic mass is 16.6. The van der Waals surface area contributed by atoms with Gasteiger partial charge in [-0.05, 0) is 91.1 Å². The molecule has 44 heavy (non-hydrogen) atoms. The lowest BCUT2D eigenvalue weighted by Crippen LogP contribution is -2.66. The molecule has 0 heterocycles. The Balaban J connectivity index is 1.86. The zero-order valence-electron chi connectivity index (χ0n) is 27.5. The van der Waals surface area contributed by atoms with Crippen molar-refractivity contribution in [2.75, 3.05) is 0 Å². The van der Waals surface area contributed by atoms with Gasteiger partial charge < -0.3 is 24.4 Å². The molecule has 0 aliphatic heterocycles. The normalized spacial score (nSPS) is 40.7. The number of hydrogen-bond donors (Lipinski definition) is 2. The third-order valence-corrected chi connectivity index (χ3v) is 11.5. The Labute approximate surface area is 260 Å². The second-order valence-electron chi connectivity index (χ2n) is 14.9. The van der Waals surface area contributed by atoms with Crippen molar-refractivity contribution in [1.82, 2.24) is 0 Å². The molecule has 0 radical (unpaired) electrons. The number of aliphatic hydroxyl groups excluding tert-OH is 1. The Hall–Kier alpha value is -2.62. The monoisotopic (exact) mass is 617 g/mol. The summed E-state index contributed by atoms with van der Waals surface area (Å²) < 4.78 is 17.4. The fourth-order valence-corrected chi connectivity index (χ4v) is 9.95. The van der Waals surface area contributed by atoms with Gasteiger partial charge in [0.1, 0.15) is 18.3 Å². The highest BCUT2D eigenvalue weighted by molar-refractivity contribution is 5.68. The van der Waals surface area contributed by atoms with Crippen LogP contribution < -0.4 is 0 Å². The van der Waals surface area contributed by atoms with E-state index in [0.717, 1.165) is 24.8 Å². The lowest BCUT2D eigenvalue weighted by molar-refractivity contribution is -0.222. The van der Waals surface area contributed by atoms with Crippen molar-refractivity contribution < 1.29 is 38.8 Å². The summed E-state index contributed by atoms with van der Waals surface area (Å²) in [5.74, 6) is -2.47. The third-order valence-electron chi connectivity index (χ3n) is 11.5. The molecule has 0 aromatic heterocycles. The van der Waals surface area contributed by atoms with E-state index in [1.54, 1.807) is 0 Å². The molecule has 0 aromatic carbocycles. The van der Waals surface area contributed by atoms with Gasteiger partial charge in [0.25, 0.3) is 0 Å². The van der Waals surface area contributed by atoms with Crippen LogP contribution in [0.15, 0.2) is 16.8 Å². The van der Waals surface area contributed by atoms with E-state index in [9.17, 15) is 30.1 Å². The molecule has 0 amide bonds. The van der Waals surface area contributed by atoms with Crippen LogP contribution in [-0.4, -0.2) is 58.3 Å². The van der Waals surface area contributed by atoms with Crippen LogP contribution in [0.25, 0.3) is 10.4 Å². The summed E-state index contributed by atoms with van der Waals surface area (Å²) in [5, 5.41) is 27.9. The average molecular weight is 618 g/mol. The molecular weight excluding hydrogens is 566 g/mol. The first-order chi connectivity index (χ1) is 20.5. The molecule has 0 aromatic rings. The Bertz CT molecular complexity index is 1220. The van der Waals surface area contributed by atoms with Gasteiger partial charge in [0, 0.05) is 37.5 Å². The second kappa shape index (κ2) is 12.6. The number of hydrogen-bond acceptors (Lipinski definition) is 9. The zero-order valence-corrected chi connectivity index (χ0v) is 27.5. The molecular formula is C33H51N3O8. The average Bonchev–Trinajstić information content (AvgIpc) is 3.23. The molecule has 4 aliphatic carbocycles. The van der Waals surface area contributed by atoms with E-state index < -0.39 is 70.7 Å². The number of rotatable bonds is 9. The minimum Gasteiger partial charge on any atom is -0.459 e. The Morgan fingerprint density at radius 2 is 1.64 bits per heavy atom. The molecule has 11 heteroatoms. The van der Waals surface area contributed by atoms with Crippen molar-refractivity contribution in [3.05, 3.63) is 22.1 Å². The van der Waals surface area contributed by atoms with E-state index in [2.05, 4.69) is 37.7 Å². The molecule has 12 atom stereocenters. The molecule has 0 bridgehead atoms. The molecule has 4 aliphatic rings. The summed E-state index contributed by atoms with van der Waals surface area (Å²) in [7, 11) is 0. The van der Waals surface area contributed by atoms with Gasteiger partial charge in [-0.2, -0.15) is 0 Å². The number of aliphatic hydroxyl groups is 2. The van der Waals surface area contributed by atoms with Gasteiger partial charge in [0.15, 0.2) is 5.72 Å². The molecule has 2 N–H and O–H groups in total. The molecule has 4 rings (SSSR count). The van der Waals surface area contributed by atoms with Gasteiger partial charge in [-0.25, -0.2) is 0 Å². The smallest absolute Gasteiger partial charge is 0.303 e. The Morgan fingerprint density at radius 3 is 2.20 bits per heavy atom. The van der Waals surface area contributed by atoms with Gasteiger partial charge >= 0.3 is 17.9 Å². The van der Waals surface area contributed by atoms with Crippen molar-refractivity contribution in [3.63, 3.8) is 0 Å². The molecule has 3 fully saturated rings. The van der Waals surface area contributed by atoms with E-state index in [4.69, 9.17) is 14.2 Å². The van der Waals surface area contributed by atoms with E-state index in [1.807, 2.05) is 13.0 Å². The number of carbonyl (C=O) groups excluding carboxylic acids is 3. The van der Waals surface area contributed by atoms with Crippen LogP contribution in [0.1, 0.15) is 100 Å². The van der Waals surface area contributed by atoms with Crippen molar-refractivity contribution >= 4 is 17.9 Å². The summed E-state index contributed by atoms with van der Waals surface area (Å²) in [6.07, 6.45) is 3.06. The maximum absolute atomic E-state index is 12.5. The standard InChI is InChI=1S/C33H51N3O8/c1-17(2)9-12-25(40)18(3)23-10-11-24-22-15-27(43-20(5)38)28-29(44-21(6)39)26(42-19(4)37)13-14-31(28,7)30(22)33(41,35-36-34)16-32(23,24)8/h15,17-18,23-30,40-41H,9-14,16H2,1-8H3/t18-,23+,24-,25+,26-,27-,28-,29-,30-,31-,32+,33+/m0/s1. The molecule has 11 nitrogen and oxygen atoms in total. The predicted molar refractivity (Wildman–Crippen MR) is 161 cm³/mol. The molecule has 0 spiro atoms. The fraction of sp³-hybridized carbons (Fsp3) is 0.848. The van der Waals surface area contributed by atoms with E-state index in [-0.39, 0.29) is 24.2 Å². The molecule has 0 saturated heterocycles. The summed E-state index contributed by atoms with van der Waals surface area (Å²) in [6.45, 7) is 14.3. The van der Waals surface area contributed by atoms with Crippen LogP contribution in [-0.2, 0) is 28.6 Å². The summed E-state index contributed by atoms with van der Waals surface area (Å²) >= 11 is 0. The highest BCUT2D eigenvalue weighted by Gasteiger charge is 2.69. The third kappa shape index (κ3) is 6.12. The van der Waals surface area contributed by atoms with Gasteiger partial charge in [-0.1, -0.05) is 45.3 Å². The van der Waals surface area contributed by atoms with Crippen LogP contribution in [0.2, 0.25) is 0 Å². The maximum atomic E-state index is 12.5. The molecule has 246 valence electrons. The number of esters is 3. The van der Waals surface area contributed by atoms with Crippen LogP contribution in [0, 0.1) is 46.3 Å². The first-order valence-corrected chi connectivity index (χ1v) is 16.2. The molecule has 0 unspecified atom stereocenters. The minimum atomic E-state index is -1.83. The second-order valence-corrected chi connectivity index (χ2v) is 14.9. The van der Waals surface area contributed by atoms with Crippen LogP contribution in [0.3, 0.4) is 0 Å². The first kappa shape index (κ1) is 34.3. The fourth-order valence-electron chi connectivity index (χ4n) is 9.95. The van der Waals surface area contributed by atoms with Crippen molar-refractivity contribution in [2.45, 2.75) is 130 Å². The summed E-state index contributed by atoms with van der Waals surface area (Å²) in [4.78, 5) is 40.1. The SMILES string of the molecule is CC(=O)O[C@@H]1[C@@H]2[C@@H](OC(C)=O)C=C3[C@@H]4CC[C@H]([C@H](C)[C@H](O)CCC(C)C)[C@@]4(C)C[C@](O)(N=[N+]=[N-])[C@@H]3[C@@]2(C)CC[C@@H]1OC(C)=O. The topological polar surface area (TPSA) is 168 Å². The minimum absolute atomic E-state index is 0.0133. The number of ether oxygens (including phenoxy) is 3. The van der Waals surface area contributed by atoms with Gasteiger partial charge in [0.2, 0.25) is 0 Å².